The van der Waals surface area contributed by atoms with Crippen molar-refractivity contribution in [2.24, 2.45) is 0 Å². The van der Waals surface area contributed by atoms with Crippen LogP contribution in [0.2, 0.25) is 0 Å². The van der Waals surface area contributed by atoms with Crippen molar-refractivity contribution in [3.8, 4) is 0 Å². The molecule has 0 aromatic heterocycles. The maximum atomic E-state index is 13.4. The molecule has 6 heteroatoms. The van der Waals surface area contributed by atoms with Crippen molar-refractivity contribution in [3.05, 3.63) is 30.1 Å². The first-order valence-corrected chi connectivity index (χ1v) is 9.77. The fraction of sp³-hybridized carbons (Fsp3) is 0.632. The summed E-state index contributed by atoms with van der Waals surface area (Å²) in [5.41, 5.74) is 0.730. The van der Waals surface area contributed by atoms with Gasteiger partial charge in [0.25, 0.3) is 0 Å². The molecule has 1 N–H and O–H groups in total. The topological polar surface area (TPSA) is 21.8 Å². The number of thiocarbonyl (C=S) groups is 1. The quantitative estimate of drug-likeness (QED) is 0.827. The van der Waals surface area contributed by atoms with Crippen molar-refractivity contribution >= 4 is 23.0 Å². The first-order chi connectivity index (χ1) is 12.1. The van der Waals surface area contributed by atoms with E-state index < -0.39 is 0 Å². The molecule has 1 aromatic carbocycles. The van der Waals surface area contributed by atoms with Crippen LogP contribution in [-0.4, -0.2) is 72.2 Å². The third-order valence-electron chi connectivity index (χ3n) is 5.34. The number of nitrogens with one attached hydrogen (secondary N) is 1. The normalized spacial score (nSPS) is 22.8. The molecular formula is C19H29FN4S. The molecule has 0 amide bonds. The number of halogens is 1. The molecule has 1 aromatic rings. The second-order valence-electron chi connectivity index (χ2n) is 7.22. The summed E-state index contributed by atoms with van der Waals surface area (Å²) < 4.78 is 13.4. The van der Waals surface area contributed by atoms with Crippen molar-refractivity contribution in [1.82, 2.24) is 14.7 Å². The lowest BCUT2D eigenvalue weighted by Gasteiger charge is -2.39. The van der Waals surface area contributed by atoms with Gasteiger partial charge in [0, 0.05) is 51.0 Å². The fourth-order valence-corrected chi connectivity index (χ4v) is 4.09. The van der Waals surface area contributed by atoms with Gasteiger partial charge in [0.2, 0.25) is 0 Å². The van der Waals surface area contributed by atoms with E-state index in [9.17, 15) is 4.39 Å². The molecule has 0 bridgehead atoms. The Hall–Kier alpha value is -1.24. The Labute approximate surface area is 156 Å². The van der Waals surface area contributed by atoms with E-state index in [1.54, 1.807) is 6.07 Å². The highest BCUT2D eigenvalue weighted by molar-refractivity contribution is 7.80. The van der Waals surface area contributed by atoms with Crippen molar-refractivity contribution < 1.29 is 4.39 Å². The predicted molar refractivity (Wildman–Crippen MR) is 106 cm³/mol. The van der Waals surface area contributed by atoms with Gasteiger partial charge in [-0.1, -0.05) is 6.07 Å². The number of hydrogen-bond donors (Lipinski definition) is 1. The Morgan fingerprint density at radius 1 is 1.20 bits per heavy atom. The van der Waals surface area contributed by atoms with Crippen LogP contribution in [0, 0.1) is 5.82 Å². The summed E-state index contributed by atoms with van der Waals surface area (Å²) in [6.45, 7) is 6.78. The minimum Gasteiger partial charge on any atom is -0.346 e. The minimum absolute atomic E-state index is 0.238. The number of hydrogen-bond acceptors (Lipinski definition) is 3. The van der Waals surface area contributed by atoms with Gasteiger partial charge in [-0.05, 0) is 63.1 Å². The van der Waals surface area contributed by atoms with Crippen LogP contribution in [0.15, 0.2) is 24.3 Å². The first kappa shape index (κ1) is 18.5. The van der Waals surface area contributed by atoms with Crippen molar-refractivity contribution in [3.63, 3.8) is 0 Å². The monoisotopic (exact) mass is 364 g/mol. The van der Waals surface area contributed by atoms with Crippen molar-refractivity contribution in [2.75, 3.05) is 51.6 Å². The van der Waals surface area contributed by atoms with E-state index in [4.69, 9.17) is 12.2 Å². The number of nitrogens with zero attached hydrogens (tertiary/aromatic N) is 3. The van der Waals surface area contributed by atoms with E-state index in [1.807, 2.05) is 6.07 Å². The highest BCUT2D eigenvalue weighted by atomic mass is 32.1. The Balaban J connectivity index is 1.53. The maximum absolute atomic E-state index is 13.4. The molecule has 1 atom stereocenters. The molecule has 2 heterocycles. The third kappa shape index (κ3) is 5.36. The van der Waals surface area contributed by atoms with Gasteiger partial charge in [-0.3, -0.25) is 0 Å². The smallest absolute Gasteiger partial charge is 0.173 e. The third-order valence-corrected chi connectivity index (χ3v) is 5.67. The van der Waals surface area contributed by atoms with E-state index in [0.717, 1.165) is 56.5 Å². The number of piperazine rings is 1. The van der Waals surface area contributed by atoms with Crippen LogP contribution < -0.4 is 5.32 Å². The SMILES string of the molecule is CN1CCN(CC[C@@H]2CCCCN2C(=S)Nc2cccc(F)c2)CC1. The number of anilines is 1. The lowest BCUT2D eigenvalue weighted by atomic mass is 9.99. The molecule has 0 saturated carbocycles. The molecule has 4 nitrogen and oxygen atoms in total. The zero-order valence-corrected chi connectivity index (χ0v) is 15.9. The highest BCUT2D eigenvalue weighted by Gasteiger charge is 2.25. The Morgan fingerprint density at radius 3 is 2.76 bits per heavy atom. The van der Waals surface area contributed by atoms with E-state index in [2.05, 4.69) is 27.1 Å². The van der Waals surface area contributed by atoms with Crippen LogP contribution >= 0.6 is 12.2 Å². The molecular weight excluding hydrogens is 335 g/mol. The number of rotatable bonds is 4. The maximum Gasteiger partial charge on any atom is 0.173 e. The molecule has 2 fully saturated rings. The zero-order chi connectivity index (χ0) is 17.6. The van der Waals surface area contributed by atoms with Crippen LogP contribution in [0.3, 0.4) is 0 Å². The molecule has 3 rings (SSSR count). The van der Waals surface area contributed by atoms with E-state index >= 15 is 0 Å². The Morgan fingerprint density at radius 2 is 2.00 bits per heavy atom. The molecule has 0 aliphatic carbocycles. The molecule has 0 radical (unpaired) electrons. The minimum atomic E-state index is -0.238. The van der Waals surface area contributed by atoms with E-state index in [1.165, 1.54) is 31.4 Å². The summed E-state index contributed by atoms with van der Waals surface area (Å²) in [5, 5.41) is 3.95. The summed E-state index contributed by atoms with van der Waals surface area (Å²) in [5.74, 6) is -0.238. The number of likely N-dealkylation sites (tertiary alicyclic amines) is 1. The Kier molecular flexibility index (Phi) is 6.62. The van der Waals surface area contributed by atoms with Crippen LogP contribution in [0.4, 0.5) is 10.1 Å². The van der Waals surface area contributed by atoms with Gasteiger partial charge in [-0.2, -0.15) is 0 Å². The lowest BCUT2D eigenvalue weighted by Crippen LogP contribution is -2.49. The van der Waals surface area contributed by atoms with Gasteiger partial charge in [0.05, 0.1) is 0 Å². The molecule has 138 valence electrons. The molecule has 0 spiro atoms. The molecule has 25 heavy (non-hydrogen) atoms. The van der Waals surface area contributed by atoms with Gasteiger partial charge in [-0.15, -0.1) is 0 Å². The summed E-state index contributed by atoms with van der Waals surface area (Å²) in [6.07, 6.45) is 4.79. The van der Waals surface area contributed by atoms with Crippen LogP contribution in [0.1, 0.15) is 25.7 Å². The summed E-state index contributed by atoms with van der Waals surface area (Å²) in [6, 6.07) is 7.01. The molecule has 0 unspecified atom stereocenters. The number of likely N-dealkylation sites (N-methyl/N-ethyl adjacent to an activating group) is 1. The van der Waals surface area contributed by atoms with Crippen molar-refractivity contribution in [1.29, 1.82) is 0 Å². The van der Waals surface area contributed by atoms with Gasteiger partial charge in [0.1, 0.15) is 5.82 Å². The van der Waals surface area contributed by atoms with Crippen LogP contribution in [0.25, 0.3) is 0 Å². The second-order valence-corrected chi connectivity index (χ2v) is 7.60. The van der Waals surface area contributed by atoms with Crippen molar-refractivity contribution in [2.45, 2.75) is 31.7 Å². The first-order valence-electron chi connectivity index (χ1n) is 9.36. The van der Waals surface area contributed by atoms with Gasteiger partial charge in [-0.25, -0.2) is 4.39 Å². The average molecular weight is 365 g/mol. The average Bonchev–Trinajstić information content (AvgIpc) is 2.61. The fourth-order valence-electron chi connectivity index (χ4n) is 3.73. The largest absolute Gasteiger partial charge is 0.346 e. The summed E-state index contributed by atoms with van der Waals surface area (Å²) in [7, 11) is 2.19. The summed E-state index contributed by atoms with van der Waals surface area (Å²) in [4.78, 5) is 7.27. The summed E-state index contributed by atoms with van der Waals surface area (Å²) >= 11 is 5.63. The van der Waals surface area contributed by atoms with Gasteiger partial charge >= 0.3 is 0 Å². The second kappa shape index (κ2) is 8.92. The van der Waals surface area contributed by atoms with E-state index in [0.29, 0.717) is 6.04 Å². The molecule has 2 aliphatic rings. The highest BCUT2D eigenvalue weighted by Crippen LogP contribution is 2.22. The predicted octanol–water partition coefficient (Wildman–Crippen LogP) is 3.01. The van der Waals surface area contributed by atoms with Gasteiger partial charge < -0.3 is 20.0 Å². The molecule has 2 saturated heterocycles. The molecule has 2 aliphatic heterocycles. The van der Waals surface area contributed by atoms with Gasteiger partial charge in [0.15, 0.2) is 5.11 Å². The standard InChI is InChI=1S/C19H29FN4S/c1-22-11-13-23(14-12-22)10-8-18-7-2-3-9-24(18)19(25)21-17-6-4-5-16(20)15-17/h4-6,15,18H,2-3,7-14H2,1H3,(H,21,25)/t18-/m0/s1. The number of piperidine rings is 1. The number of benzene rings is 1. The van der Waals surface area contributed by atoms with Crippen LogP contribution in [0.5, 0.6) is 0 Å². The zero-order valence-electron chi connectivity index (χ0n) is 15.1. The Bertz CT molecular complexity index is 574. The lowest BCUT2D eigenvalue weighted by molar-refractivity contribution is 0.135. The van der Waals surface area contributed by atoms with E-state index in [-0.39, 0.29) is 5.82 Å². The van der Waals surface area contributed by atoms with Crippen LogP contribution in [-0.2, 0) is 0 Å².